The number of hydrogen-bond acceptors (Lipinski definition) is 9. The molecular weight excluding hydrogens is 416 g/mol. The number of hydrogen-bond donors (Lipinski definition) is 2. The van der Waals surface area contributed by atoms with Gasteiger partial charge in [0, 0.05) is 32.4 Å². The van der Waals surface area contributed by atoms with Crippen molar-refractivity contribution in [3.05, 3.63) is 41.4 Å². The molecular formula is C20H21ClN10. The molecule has 0 radical (unpaired) electrons. The summed E-state index contributed by atoms with van der Waals surface area (Å²) in [6.45, 7) is 1.88. The second-order valence-electron chi connectivity index (χ2n) is 8.04. The Balaban J connectivity index is 1.21. The summed E-state index contributed by atoms with van der Waals surface area (Å²) in [6.07, 6.45) is 7.25. The highest BCUT2D eigenvalue weighted by Gasteiger charge is 2.41. The van der Waals surface area contributed by atoms with Crippen molar-refractivity contribution in [3.8, 4) is 6.07 Å². The molecule has 0 bridgehead atoms. The molecule has 31 heavy (non-hydrogen) atoms. The van der Waals surface area contributed by atoms with Gasteiger partial charge < -0.3 is 15.5 Å². The maximum Gasteiger partial charge on any atom is 0.229 e. The summed E-state index contributed by atoms with van der Waals surface area (Å²) in [4.78, 5) is 11.1. The number of nitriles is 1. The summed E-state index contributed by atoms with van der Waals surface area (Å²) in [6, 6.07) is 5.91. The van der Waals surface area contributed by atoms with Gasteiger partial charge in [0.1, 0.15) is 11.1 Å². The monoisotopic (exact) mass is 436 g/mol. The zero-order valence-corrected chi connectivity index (χ0v) is 17.7. The molecule has 1 saturated heterocycles. The summed E-state index contributed by atoms with van der Waals surface area (Å²) in [7, 11) is 1.85. The van der Waals surface area contributed by atoms with E-state index in [1.54, 1.807) is 23.1 Å². The van der Waals surface area contributed by atoms with Crippen LogP contribution in [0.5, 0.6) is 0 Å². The average Bonchev–Trinajstić information content (AvgIpc) is 3.45. The van der Waals surface area contributed by atoms with Crippen LogP contribution in [-0.4, -0.2) is 49.1 Å². The third kappa shape index (κ3) is 4.09. The van der Waals surface area contributed by atoms with Gasteiger partial charge >= 0.3 is 0 Å². The Kier molecular flexibility index (Phi) is 5.03. The third-order valence-electron chi connectivity index (χ3n) is 5.89. The first kappa shape index (κ1) is 19.5. The van der Waals surface area contributed by atoms with Gasteiger partial charge in [0.05, 0.1) is 18.1 Å². The van der Waals surface area contributed by atoms with Gasteiger partial charge in [0.25, 0.3) is 0 Å². The smallest absolute Gasteiger partial charge is 0.229 e. The van der Waals surface area contributed by atoms with E-state index in [1.165, 1.54) is 0 Å². The summed E-state index contributed by atoms with van der Waals surface area (Å²) < 4.78 is 1.71. The van der Waals surface area contributed by atoms with Crippen LogP contribution in [-0.2, 0) is 7.05 Å². The standard InChI is InChI=1S/C20H21ClN10/c1-30-11-16(7-24-30)26-20-23-8-17(21)19(27-20)25-15-4-12-9-31(10-13(12)5-15)18-3-2-14(6-22)28-29-18/h2-3,7-8,11-13,15H,4-5,9-10H2,1H3,(H2,23,25,26,27). The van der Waals surface area contributed by atoms with Crippen molar-refractivity contribution in [3.63, 3.8) is 0 Å². The topological polar surface area (TPSA) is 120 Å². The molecule has 5 rings (SSSR count). The molecule has 2 N–H and O–H groups in total. The highest BCUT2D eigenvalue weighted by molar-refractivity contribution is 6.32. The zero-order valence-electron chi connectivity index (χ0n) is 16.9. The second-order valence-corrected chi connectivity index (χ2v) is 8.45. The van der Waals surface area contributed by atoms with E-state index < -0.39 is 0 Å². The Morgan fingerprint density at radius 1 is 1.16 bits per heavy atom. The second kappa shape index (κ2) is 8.00. The summed E-state index contributed by atoms with van der Waals surface area (Å²) in [5.74, 6) is 3.10. The lowest BCUT2D eigenvalue weighted by molar-refractivity contribution is 0.494. The number of nitrogens with one attached hydrogen (secondary N) is 2. The van der Waals surface area contributed by atoms with Gasteiger partial charge in [-0.05, 0) is 36.8 Å². The van der Waals surface area contributed by atoms with E-state index in [4.69, 9.17) is 16.9 Å². The van der Waals surface area contributed by atoms with Gasteiger partial charge in [0.2, 0.25) is 5.95 Å². The van der Waals surface area contributed by atoms with E-state index in [-0.39, 0.29) is 0 Å². The first-order chi connectivity index (χ1) is 15.1. The van der Waals surface area contributed by atoms with Crippen molar-refractivity contribution >= 4 is 34.9 Å². The van der Waals surface area contributed by atoms with Crippen LogP contribution in [0.25, 0.3) is 0 Å². The van der Waals surface area contributed by atoms with Gasteiger partial charge in [0.15, 0.2) is 17.3 Å². The van der Waals surface area contributed by atoms with Crippen LogP contribution >= 0.6 is 11.6 Å². The number of aryl methyl sites for hydroxylation is 1. The zero-order chi connectivity index (χ0) is 21.4. The lowest BCUT2D eigenvalue weighted by atomic mass is 10.0. The minimum Gasteiger partial charge on any atom is -0.366 e. The lowest BCUT2D eigenvalue weighted by Gasteiger charge is -2.21. The largest absolute Gasteiger partial charge is 0.366 e. The molecule has 158 valence electrons. The molecule has 0 spiro atoms. The first-order valence-corrected chi connectivity index (χ1v) is 10.5. The number of rotatable bonds is 5. The van der Waals surface area contributed by atoms with Crippen LogP contribution in [0.2, 0.25) is 5.02 Å². The van der Waals surface area contributed by atoms with Gasteiger partial charge in [-0.3, -0.25) is 4.68 Å². The lowest BCUT2D eigenvalue weighted by Crippen LogP contribution is -2.26. The fourth-order valence-corrected chi connectivity index (χ4v) is 4.64. The maximum atomic E-state index is 8.89. The molecule has 0 aromatic carbocycles. The predicted octanol–water partition coefficient (Wildman–Crippen LogP) is 2.60. The molecule has 0 amide bonds. The number of anilines is 4. The maximum absolute atomic E-state index is 8.89. The number of aromatic nitrogens is 6. The fourth-order valence-electron chi connectivity index (χ4n) is 4.50. The highest BCUT2D eigenvalue weighted by atomic mass is 35.5. The molecule has 2 fully saturated rings. The van der Waals surface area contributed by atoms with Crippen LogP contribution in [0.4, 0.5) is 23.3 Å². The number of nitrogens with zero attached hydrogens (tertiary/aromatic N) is 8. The predicted molar refractivity (Wildman–Crippen MR) is 116 cm³/mol. The summed E-state index contributed by atoms with van der Waals surface area (Å²) in [5.41, 5.74) is 1.16. The van der Waals surface area contributed by atoms with Gasteiger partial charge in [-0.1, -0.05) is 11.6 Å². The number of fused-ring (bicyclic) bond motifs is 1. The van der Waals surface area contributed by atoms with E-state index in [1.807, 2.05) is 25.4 Å². The van der Waals surface area contributed by atoms with E-state index in [0.29, 0.717) is 40.4 Å². The molecule has 1 aliphatic heterocycles. The molecule has 11 heteroatoms. The van der Waals surface area contributed by atoms with E-state index in [9.17, 15) is 0 Å². The van der Waals surface area contributed by atoms with Gasteiger partial charge in [-0.25, -0.2) is 4.98 Å². The molecule has 2 aliphatic rings. The highest BCUT2D eigenvalue weighted by Crippen LogP contribution is 2.40. The fraction of sp³-hybridized carbons (Fsp3) is 0.400. The van der Waals surface area contributed by atoms with Gasteiger partial charge in [-0.2, -0.15) is 15.3 Å². The summed E-state index contributed by atoms with van der Waals surface area (Å²) in [5, 5.41) is 28.3. The van der Waals surface area contributed by atoms with Crippen molar-refractivity contribution in [1.82, 2.24) is 29.9 Å². The van der Waals surface area contributed by atoms with E-state index >= 15 is 0 Å². The molecule has 1 saturated carbocycles. The SMILES string of the molecule is Cn1cc(Nc2ncc(Cl)c(NC3CC4CN(c5ccc(C#N)nn5)CC4C3)n2)cn1. The van der Waals surface area contributed by atoms with Crippen LogP contribution in [0.3, 0.4) is 0 Å². The third-order valence-corrected chi connectivity index (χ3v) is 6.16. The average molecular weight is 437 g/mol. The van der Waals surface area contributed by atoms with Crippen LogP contribution < -0.4 is 15.5 Å². The quantitative estimate of drug-likeness (QED) is 0.621. The molecule has 2 atom stereocenters. The van der Waals surface area contributed by atoms with Crippen molar-refractivity contribution in [1.29, 1.82) is 5.26 Å². The van der Waals surface area contributed by atoms with E-state index in [2.05, 4.69) is 40.8 Å². The Hall–Kier alpha value is -3.45. The minimum atomic E-state index is 0.308. The van der Waals surface area contributed by atoms with Crippen molar-refractivity contribution in [2.45, 2.75) is 18.9 Å². The molecule has 1 aliphatic carbocycles. The van der Waals surface area contributed by atoms with Gasteiger partial charge in [-0.15, -0.1) is 10.2 Å². The summed E-state index contributed by atoms with van der Waals surface area (Å²) >= 11 is 6.35. The normalized spacial score (nSPS) is 22.2. The Morgan fingerprint density at radius 2 is 1.97 bits per heavy atom. The minimum absolute atomic E-state index is 0.308. The van der Waals surface area contributed by atoms with Crippen molar-refractivity contribution < 1.29 is 0 Å². The molecule has 3 aromatic rings. The Bertz CT molecular complexity index is 1110. The first-order valence-electron chi connectivity index (χ1n) is 10.1. The Labute approximate surface area is 184 Å². The Morgan fingerprint density at radius 3 is 2.61 bits per heavy atom. The molecule has 3 aromatic heterocycles. The van der Waals surface area contributed by atoms with Crippen LogP contribution in [0.15, 0.2) is 30.7 Å². The van der Waals surface area contributed by atoms with Crippen LogP contribution in [0, 0.1) is 23.2 Å². The molecule has 2 unspecified atom stereocenters. The van der Waals surface area contributed by atoms with Crippen molar-refractivity contribution in [2.24, 2.45) is 18.9 Å². The van der Waals surface area contributed by atoms with Crippen molar-refractivity contribution in [2.75, 3.05) is 28.6 Å². The molecule has 4 heterocycles. The molecule has 10 nitrogen and oxygen atoms in total. The number of halogens is 1. The van der Waals surface area contributed by atoms with E-state index in [0.717, 1.165) is 37.4 Å². The van der Waals surface area contributed by atoms with Crippen LogP contribution in [0.1, 0.15) is 18.5 Å².